The minimum absolute atomic E-state index is 0.0740. The Morgan fingerprint density at radius 3 is 2.46 bits per heavy atom. The van der Waals surface area contributed by atoms with E-state index in [1.165, 1.54) is 23.6 Å². The molecule has 24 heavy (non-hydrogen) atoms. The van der Waals surface area contributed by atoms with Crippen LogP contribution >= 0.6 is 11.3 Å². The van der Waals surface area contributed by atoms with Gasteiger partial charge in [-0.3, -0.25) is 10.1 Å². The second-order valence-corrected chi connectivity index (χ2v) is 5.29. The summed E-state index contributed by atoms with van der Waals surface area (Å²) < 4.78 is 26.2. The highest BCUT2D eigenvalue weighted by atomic mass is 32.1. The third-order valence-corrected chi connectivity index (χ3v) is 3.53. The van der Waals surface area contributed by atoms with Crippen molar-refractivity contribution in [2.75, 3.05) is 10.6 Å². The number of rotatable bonds is 5. The number of nitrogens with one attached hydrogen (secondary N) is 2. The van der Waals surface area contributed by atoms with Gasteiger partial charge in [-0.05, 0) is 12.1 Å². The van der Waals surface area contributed by atoms with Crippen molar-refractivity contribution < 1.29 is 13.7 Å². The van der Waals surface area contributed by atoms with Gasteiger partial charge in [0.15, 0.2) is 16.8 Å². The Labute approximate surface area is 137 Å². The number of halogens is 2. The van der Waals surface area contributed by atoms with Gasteiger partial charge in [0, 0.05) is 23.3 Å². The topological polar surface area (TPSA) is 106 Å². The molecule has 0 aliphatic rings. The molecule has 122 valence electrons. The lowest BCUT2D eigenvalue weighted by molar-refractivity contribution is -0.383. The lowest BCUT2D eigenvalue weighted by Crippen LogP contribution is -2.05. The summed E-state index contributed by atoms with van der Waals surface area (Å²) in [5, 5.41) is 18.8. The number of hydrogen-bond acceptors (Lipinski definition) is 8. The van der Waals surface area contributed by atoms with Crippen LogP contribution in [-0.2, 0) is 0 Å². The molecule has 2 aromatic heterocycles. The van der Waals surface area contributed by atoms with Crippen LogP contribution in [-0.4, -0.2) is 19.9 Å². The van der Waals surface area contributed by atoms with Crippen molar-refractivity contribution >= 4 is 39.5 Å². The van der Waals surface area contributed by atoms with E-state index in [0.717, 1.165) is 18.5 Å². The third-order valence-electron chi connectivity index (χ3n) is 2.84. The molecule has 0 unspecified atom stereocenters. The zero-order valence-electron chi connectivity index (χ0n) is 11.7. The first-order valence-corrected chi connectivity index (χ1v) is 7.30. The van der Waals surface area contributed by atoms with E-state index >= 15 is 0 Å². The fourth-order valence-electron chi connectivity index (χ4n) is 1.83. The molecule has 0 saturated carbocycles. The maximum Gasteiger partial charge on any atom is 0.353 e. The molecule has 0 atom stereocenters. The standard InChI is InChI=1S/C13H8F2N6O2S/c14-8-2-1-7(5-9(8)15)19-11-10(21(22)23)12(18-6-17-11)20-13-16-3-4-24-13/h1-6H,(H2,16,17,18,19,20). The summed E-state index contributed by atoms with van der Waals surface area (Å²) in [6, 6.07) is 3.01. The van der Waals surface area contributed by atoms with Crippen LogP contribution < -0.4 is 10.6 Å². The van der Waals surface area contributed by atoms with Crippen LogP contribution in [0, 0.1) is 21.7 Å². The molecule has 0 aliphatic heterocycles. The smallest absolute Gasteiger partial charge is 0.334 e. The Hall–Kier alpha value is -3.21. The van der Waals surface area contributed by atoms with Gasteiger partial charge in [-0.2, -0.15) is 0 Å². The maximum atomic E-state index is 13.3. The Kier molecular flexibility index (Phi) is 4.24. The zero-order chi connectivity index (χ0) is 17.1. The molecule has 1 aromatic carbocycles. The number of nitro groups is 1. The summed E-state index contributed by atoms with van der Waals surface area (Å²) in [6.07, 6.45) is 2.63. The molecule has 8 nitrogen and oxygen atoms in total. The third kappa shape index (κ3) is 3.25. The molecular weight excluding hydrogens is 342 g/mol. The van der Waals surface area contributed by atoms with Crippen molar-refractivity contribution in [1.82, 2.24) is 15.0 Å². The summed E-state index contributed by atoms with van der Waals surface area (Å²) >= 11 is 1.23. The number of benzene rings is 1. The molecule has 0 saturated heterocycles. The Balaban J connectivity index is 1.97. The van der Waals surface area contributed by atoms with Gasteiger partial charge in [-0.1, -0.05) is 0 Å². The largest absolute Gasteiger partial charge is 0.353 e. The number of anilines is 4. The minimum Gasteiger partial charge on any atom is -0.334 e. The Morgan fingerprint density at radius 2 is 1.83 bits per heavy atom. The number of hydrogen-bond donors (Lipinski definition) is 2. The summed E-state index contributed by atoms with van der Waals surface area (Å²) in [6.45, 7) is 0. The van der Waals surface area contributed by atoms with Gasteiger partial charge in [0.2, 0.25) is 11.6 Å². The van der Waals surface area contributed by atoms with Gasteiger partial charge in [-0.15, -0.1) is 11.3 Å². The first-order valence-electron chi connectivity index (χ1n) is 6.42. The van der Waals surface area contributed by atoms with E-state index in [1.807, 2.05) is 0 Å². The number of aromatic nitrogens is 3. The molecule has 0 radical (unpaired) electrons. The predicted molar refractivity (Wildman–Crippen MR) is 83.7 cm³/mol. The monoisotopic (exact) mass is 350 g/mol. The van der Waals surface area contributed by atoms with Crippen LogP contribution in [0.1, 0.15) is 0 Å². The van der Waals surface area contributed by atoms with Crippen molar-refractivity contribution in [3.05, 3.63) is 57.9 Å². The molecule has 2 heterocycles. The van der Waals surface area contributed by atoms with Crippen LogP contribution in [0.4, 0.5) is 36.9 Å². The summed E-state index contributed by atoms with van der Waals surface area (Å²) in [5.74, 6) is -2.35. The molecule has 0 bridgehead atoms. The normalized spacial score (nSPS) is 10.4. The molecule has 2 N–H and O–H groups in total. The van der Waals surface area contributed by atoms with E-state index in [9.17, 15) is 18.9 Å². The summed E-state index contributed by atoms with van der Waals surface area (Å²) in [7, 11) is 0. The SMILES string of the molecule is O=[N+]([O-])c1c(Nc2ccc(F)c(F)c2)ncnc1Nc1nccs1. The molecule has 0 aliphatic carbocycles. The van der Waals surface area contributed by atoms with Crippen molar-refractivity contribution in [3.8, 4) is 0 Å². The fourth-order valence-corrected chi connectivity index (χ4v) is 2.36. The predicted octanol–water partition coefficient (Wildman–Crippen LogP) is 3.61. The van der Waals surface area contributed by atoms with Crippen LogP contribution in [0.3, 0.4) is 0 Å². The van der Waals surface area contributed by atoms with Crippen molar-refractivity contribution in [1.29, 1.82) is 0 Å². The minimum atomic E-state index is -1.09. The first kappa shape index (κ1) is 15.7. The van der Waals surface area contributed by atoms with E-state index in [1.54, 1.807) is 5.38 Å². The highest BCUT2D eigenvalue weighted by Crippen LogP contribution is 2.33. The molecule has 11 heteroatoms. The van der Waals surface area contributed by atoms with E-state index in [-0.39, 0.29) is 17.3 Å². The van der Waals surface area contributed by atoms with Crippen LogP contribution in [0.15, 0.2) is 36.1 Å². The first-order chi connectivity index (χ1) is 11.5. The van der Waals surface area contributed by atoms with Gasteiger partial charge in [0.1, 0.15) is 6.33 Å². The fraction of sp³-hybridized carbons (Fsp3) is 0. The molecule has 3 aromatic rings. The van der Waals surface area contributed by atoms with Gasteiger partial charge >= 0.3 is 5.69 Å². The Morgan fingerprint density at radius 1 is 1.08 bits per heavy atom. The van der Waals surface area contributed by atoms with E-state index < -0.39 is 22.2 Å². The number of nitrogens with zero attached hydrogens (tertiary/aromatic N) is 4. The lowest BCUT2D eigenvalue weighted by atomic mass is 10.3. The second kappa shape index (κ2) is 6.50. The molecule has 3 rings (SSSR count). The number of thiazole rings is 1. The van der Waals surface area contributed by atoms with E-state index in [0.29, 0.717) is 5.13 Å². The zero-order valence-corrected chi connectivity index (χ0v) is 12.6. The van der Waals surface area contributed by atoms with Crippen LogP contribution in [0.2, 0.25) is 0 Å². The summed E-state index contributed by atoms with van der Waals surface area (Å²) in [5.41, 5.74) is -0.340. The van der Waals surface area contributed by atoms with E-state index in [4.69, 9.17) is 0 Å². The Bertz CT molecular complexity index is 890. The van der Waals surface area contributed by atoms with Crippen LogP contribution in [0.25, 0.3) is 0 Å². The van der Waals surface area contributed by atoms with Gasteiger partial charge in [-0.25, -0.2) is 23.7 Å². The van der Waals surface area contributed by atoms with Crippen LogP contribution in [0.5, 0.6) is 0 Å². The van der Waals surface area contributed by atoms with Gasteiger partial charge in [0.05, 0.1) is 4.92 Å². The summed E-state index contributed by atoms with van der Waals surface area (Å²) in [4.78, 5) is 22.3. The molecular formula is C13H8F2N6O2S. The van der Waals surface area contributed by atoms with Gasteiger partial charge in [0.25, 0.3) is 0 Å². The highest BCUT2D eigenvalue weighted by Gasteiger charge is 2.24. The molecule has 0 fully saturated rings. The average molecular weight is 350 g/mol. The molecule has 0 amide bonds. The van der Waals surface area contributed by atoms with E-state index in [2.05, 4.69) is 25.6 Å². The van der Waals surface area contributed by atoms with Crippen molar-refractivity contribution in [2.45, 2.75) is 0 Å². The average Bonchev–Trinajstić information content (AvgIpc) is 3.04. The lowest BCUT2D eigenvalue weighted by Gasteiger charge is -2.09. The maximum absolute atomic E-state index is 13.3. The van der Waals surface area contributed by atoms with Crippen molar-refractivity contribution in [2.24, 2.45) is 0 Å². The van der Waals surface area contributed by atoms with Crippen molar-refractivity contribution in [3.63, 3.8) is 0 Å². The van der Waals surface area contributed by atoms with Gasteiger partial charge < -0.3 is 10.6 Å². The second-order valence-electron chi connectivity index (χ2n) is 4.39. The molecule has 0 spiro atoms. The highest BCUT2D eigenvalue weighted by molar-refractivity contribution is 7.13. The quantitative estimate of drug-likeness (QED) is 0.535.